The Bertz CT molecular complexity index is 956. The Labute approximate surface area is 181 Å². The highest BCUT2D eigenvalue weighted by Crippen LogP contribution is 2.36. The zero-order valence-corrected chi connectivity index (χ0v) is 18.3. The number of aromatic nitrogens is 1. The lowest BCUT2D eigenvalue weighted by Crippen LogP contribution is -2.42. The Morgan fingerprint density at radius 1 is 1.00 bits per heavy atom. The third-order valence-electron chi connectivity index (χ3n) is 5.30. The van der Waals surface area contributed by atoms with Crippen LogP contribution in [0.15, 0.2) is 58.6 Å². The number of sulfonamides is 1. The molecule has 1 unspecified atom stereocenters. The van der Waals surface area contributed by atoms with Crippen LogP contribution in [0.4, 0.5) is 0 Å². The average molecular weight is 448 g/mol. The number of carbonyl (C=O) groups is 1. The molecule has 1 aromatic carbocycles. The number of thioether (sulfide) groups is 1. The molecule has 0 N–H and O–H groups in total. The third kappa shape index (κ3) is 4.69. The van der Waals surface area contributed by atoms with Crippen molar-refractivity contribution in [2.45, 2.75) is 28.0 Å². The molecule has 0 bridgehead atoms. The number of ether oxygens (including phenoxy) is 1. The topological polar surface area (TPSA) is 79.8 Å². The monoisotopic (exact) mass is 447 g/mol. The second kappa shape index (κ2) is 9.47. The van der Waals surface area contributed by atoms with Crippen LogP contribution < -0.4 is 0 Å². The molecule has 9 heteroatoms. The SMILES string of the molecule is O=C(C(Sc1ccc(S(=O)(=O)N2CCCC2)cn1)c1ccccc1)N1CCOCC1. The lowest BCUT2D eigenvalue weighted by molar-refractivity contribution is -0.134. The molecule has 1 amide bonds. The molecule has 0 radical (unpaired) electrons. The molecule has 0 spiro atoms. The van der Waals surface area contributed by atoms with Gasteiger partial charge < -0.3 is 9.64 Å². The number of rotatable bonds is 6. The zero-order valence-electron chi connectivity index (χ0n) is 16.6. The van der Waals surface area contributed by atoms with Crippen LogP contribution in [0.25, 0.3) is 0 Å². The first-order valence-corrected chi connectivity index (χ1v) is 12.4. The summed E-state index contributed by atoms with van der Waals surface area (Å²) < 4.78 is 32.3. The van der Waals surface area contributed by atoms with Gasteiger partial charge in [0.05, 0.1) is 18.2 Å². The summed E-state index contributed by atoms with van der Waals surface area (Å²) in [5.41, 5.74) is 0.898. The highest BCUT2D eigenvalue weighted by molar-refractivity contribution is 8.00. The molecule has 1 aromatic heterocycles. The van der Waals surface area contributed by atoms with Gasteiger partial charge in [0.2, 0.25) is 15.9 Å². The van der Waals surface area contributed by atoms with Crippen LogP contribution in [0.5, 0.6) is 0 Å². The van der Waals surface area contributed by atoms with Gasteiger partial charge in [-0.1, -0.05) is 42.1 Å². The molecule has 2 aliphatic rings. The van der Waals surface area contributed by atoms with Gasteiger partial charge in [0.25, 0.3) is 0 Å². The maximum atomic E-state index is 13.2. The van der Waals surface area contributed by atoms with E-state index in [1.54, 1.807) is 12.1 Å². The van der Waals surface area contributed by atoms with Crippen LogP contribution in [0.1, 0.15) is 23.7 Å². The molecule has 2 saturated heterocycles. The number of nitrogens with zero attached hydrogens (tertiary/aromatic N) is 3. The van der Waals surface area contributed by atoms with Crippen LogP contribution in [0.2, 0.25) is 0 Å². The van der Waals surface area contributed by atoms with E-state index >= 15 is 0 Å². The average Bonchev–Trinajstić information content (AvgIpc) is 3.35. The lowest BCUT2D eigenvalue weighted by atomic mass is 10.1. The van der Waals surface area contributed by atoms with Crippen molar-refractivity contribution in [3.8, 4) is 0 Å². The molecular formula is C21H25N3O4S2. The zero-order chi connectivity index (χ0) is 21.0. The van der Waals surface area contributed by atoms with Crippen LogP contribution in [-0.4, -0.2) is 67.9 Å². The molecule has 0 saturated carbocycles. The van der Waals surface area contributed by atoms with Crippen LogP contribution in [0.3, 0.4) is 0 Å². The van der Waals surface area contributed by atoms with Crippen molar-refractivity contribution >= 4 is 27.7 Å². The summed E-state index contributed by atoms with van der Waals surface area (Å²) in [6.45, 7) is 3.34. The Kier molecular flexibility index (Phi) is 6.72. The maximum Gasteiger partial charge on any atom is 0.244 e. The first kappa shape index (κ1) is 21.3. The molecule has 30 heavy (non-hydrogen) atoms. The summed E-state index contributed by atoms with van der Waals surface area (Å²) in [6.07, 6.45) is 3.18. The van der Waals surface area contributed by atoms with Crippen molar-refractivity contribution < 1.29 is 17.9 Å². The molecule has 2 aromatic rings. The van der Waals surface area contributed by atoms with Gasteiger partial charge in [-0.3, -0.25) is 4.79 Å². The van der Waals surface area contributed by atoms with Gasteiger partial charge in [0.15, 0.2) is 0 Å². The molecule has 2 fully saturated rings. The van der Waals surface area contributed by atoms with Crippen LogP contribution in [0, 0.1) is 0 Å². The second-order valence-corrected chi connectivity index (χ2v) is 10.4. The lowest BCUT2D eigenvalue weighted by Gasteiger charge is -2.30. The summed E-state index contributed by atoms with van der Waals surface area (Å²) in [5, 5.41) is 0.170. The number of hydrogen-bond donors (Lipinski definition) is 0. The molecule has 1 atom stereocenters. The Morgan fingerprint density at radius 3 is 2.33 bits per heavy atom. The van der Waals surface area contributed by atoms with E-state index < -0.39 is 15.3 Å². The summed E-state index contributed by atoms with van der Waals surface area (Å²) in [4.78, 5) is 19.6. The van der Waals surface area contributed by atoms with Crippen LogP contribution in [-0.2, 0) is 19.6 Å². The number of hydrogen-bond acceptors (Lipinski definition) is 6. The van der Waals surface area contributed by atoms with Gasteiger partial charge in [-0.15, -0.1) is 0 Å². The van der Waals surface area contributed by atoms with E-state index in [1.807, 2.05) is 35.2 Å². The smallest absolute Gasteiger partial charge is 0.244 e. The van der Waals surface area contributed by atoms with E-state index in [0.717, 1.165) is 18.4 Å². The van der Waals surface area contributed by atoms with E-state index in [-0.39, 0.29) is 10.8 Å². The van der Waals surface area contributed by atoms with Gasteiger partial charge in [-0.2, -0.15) is 4.31 Å². The molecular weight excluding hydrogens is 422 g/mol. The fourth-order valence-corrected chi connectivity index (χ4v) is 6.13. The van der Waals surface area contributed by atoms with Crippen LogP contribution >= 0.6 is 11.8 Å². The number of carbonyl (C=O) groups excluding carboxylic acids is 1. The van der Waals surface area contributed by atoms with Gasteiger partial charge in [-0.25, -0.2) is 13.4 Å². The molecule has 160 valence electrons. The molecule has 2 aliphatic heterocycles. The summed E-state index contributed by atoms with van der Waals surface area (Å²) in [5.74, 6) is 0.0186. The predicted molar refractivity (Wildman–Crippen MR) is 115 cm³/mol. The summed E-state index contributed by atoms with van der Waals surface area (Å²) >= 11 is 1.34. The van der Waals surface area contributed by atoms with Gasteiger partial charge in [0.1, 0.15) is 10.1 Å². The Hall–Kier alpha value is -1.94. The first-order chi connectivity index (χ1) is 14.6. The number of morpholine rings is 1. The maximum absolute atomic E-state index is 13.2. The second-order valence-electron chi connectivity index (χ2n) is 7.29. The van der Waals surface area contributed by atoms with E-state index in [4.69, 9.17) is 4.74 Å². The minimum absolute atomic E-state index is 0.0186. The summed E-state index contributed by atoms with van der Waals surface area (Å²) in [6, 6.07) is 12.9. The van der Waals surface area contributed by atoms with Crippen molar-refractivity contribution in [2.24, 2.45) is 0 Å². The Morgan fingerprint density at radius 2 is 1.70 bits per heavy atom. The van der Waals surface area contributed by atoms with Gasteiger partial charge in [-0.05, 0) is 30.5 Å². The number of amides is 1. The van der Waals surface area contributed by atoms with Crippen molar-refractivity contribution in [1.29, 1.82) is 0 Å². The molecule has 4 rings (SSSR count). The third-order valence-corrected chi connectivity index (χ3v) is 8.37. The highest BCUT2D eigenvalue weighted by Gasteiger charge is 2.30. The number of pyridine rings is 1. The van der Waals surface area contributed by atoms with E-state index in [2.05, 4.69) is 4.98 Å². The van der Waals surface area contributed by atoms with Crippen molar-refractivity contribution in [3.05, 3.63) is 54.2 Å². The highest BCUT2D eigenvalue weighted by atomic mass is 32.2. The molecule has 7 nitrogen and oxygen atoms in total. The quantitative estimate of drug-likeness (QED) is 0.633. The predicted octanol–water partition coefficient (Wildman–Crippen LogP) is 2.56. The van der Waals surface area contributed by atoms with Crippen molar-refractivity contribution in [3.63, 3.8) is 0 Å². The Balaban J connectivity index is 1.54. The molecule has 0 aliphatic carbocycles. The van der Waals surface area contributed by atoms with Crippen molar-refractivity contribution in [2.75, 3.05) is 39.4 Å². The molecule has 3 heterocycles. The minimum atomic E-state index is -3.50. The standard InChI is InChI=1S/C21H25N3O4S2/c25-21(23-12-14-28-15-13-23)20(17-6-2-1-3-7-17)29-19-9-8-18(16-22-19)30(26,27)24-10-4-5-11-24/h1-3,6-9,16,20H,4-5,10-15H2. The van der Waals surface area contributed by atoms with E-state index in [9.17, 15) is 13.2 Å². The minimum Gasteiger partial charge on any atom is -0.378 e. The largest absolute Gasteiger partial charge is 0.378 e. The summed E-state index contributed by atoms with van der Waals surface area (Å²) in [7, 11) is -3.50. The van der Waals surface area contributed by atoms with Crippen molar-refractivity contribution in [1.82, 2.24) is 14.2 Å². The number of benzene rings is 1. The fourth-order valence-electron chi connectivity index (χ4n) is 3.63. The van der Waals surface area contributed by atoms with Gasteiger partial charge in [0, 0.05) is 32.4 Å². The fraction of sp³-hybridized carbons (Fsp3) is 0.429. The van der Waals surface area contributed by atoms with E-state index in [0.29, 0.717) is 44.4 Å². The van der Waals surface area contributed by atoms with Gasteiger partial charge >= 0.3 is 0 Å². The first-order valence-electron chi connectivity index (χ1n) is 10.1. The normalized spacial score (nSPS) is 19.0. The van der Waals surface area contributed by atoms with E-state index in [1.165, 1.54) is 22.3 Å².